The first-order chi connectivity index (χ1) is 14.9. The molecule has 1 aliphatic rings. The molecule has 2 heterocycles. The highest BCUT2D eigenvalue weighted by molar-refractivity contribution is 6.31. The van der Waals surface area contributed by atoms with E-state index >= 15 is 0 Å². The molecule has 2 N–H and O–H groups in total. The maximum absolute atomic E-state index is 12.7. The molecular weight excluding hydrogens is 416 g/mol. The van der Waals surface area contributed by atoms with Gasteiger partial charge in [0.15, 0.2) is 0 Å². The summed E-state index contributed by atoms with van der Waals surface area (Å²) in [5.74, 6) is -0.131. The number of anilines is 2. The molecule has 1 aliphatic heterocycles. The standard InChI is InChI=1S/C21H21ClN4O3.C2H6/c1-12-9-15(4-6-18(12)26-7-8-29-11-19(26)27)23-21(28)13(2)20-24-16-5-3-14(22)10-17(16)25-20;1-2/h3-6,9-10,13H,7-8,11H2,1-2H3,(H,23,28)(H,24,25);1-2H3. The fourth-order valence-corrected chi connectivity index (χ4v) is 3.56. The summed E-state index contributed by atoms with van der Waals surface area (Å²) in [6.45, 7) is 8.85. The minimum atomic E-state index is -0.470. The van der Waals surface area contributed by atoms with Crippen LogP contribution in [0.5, 0.6) is 0 Å². The lowest BCUT2D eigenvalue weighted by molar-refractivity contribution is -0.125. The van der Waals surface area contributed by atoms with Gasteiger partial charge >= 0.3 is 0 Å². The van der Waals surface area contributed by atoms with E-state index in [0.717, 1.165) is 22.3 Å². The van der Waals surface area contributed by atoms with Gasteiger partial charge in [0, 0.05) is 22.9 Å². The zero-order valence-electron chi connectivity index (χ0n) is 18.2. The molecule has 0 spiro atoms. The lowest BCUT2D eigenvalue weighted by Gasteiger charge is -2.28. The Morgan fingerprint density at radius 3 is 2.74 bits per heavy atom. The number of aromatic amines is 1. The van der Waals surface area contributed by atoms with Crippen LogP contribution in [0.15, 0.2) is 36.4 Å². The third kappa shape index (κ3) is 5.06. The number of carbonyl (C=O) groups is 2. The fourth-order valence-electron chi connectivity index (χ4n) is 3.39. The summed E-state index contributed by atoms with van der Waals surface area (Å²) >= 11 is 6.01. The lowest BCUT2D eigenvalue weighted by atomic mass is 10.1. The zero-order chi connectivity index (χ0) is 22.5. The van der Waals surface area contributed by atoms with E-state index in [-0.39, 0.29) is 18.4 Å². The van der Waals surface area contributed by atoms with Crippen LogP contribution in [0.25, 0.3) is 11.0 Å². The van der Waals surface area contributed by atoms with Gasteiger partial charge in [0.1, 0.15) is 12.4 Å². The molecule has 0 bridgehead atoms. The number of hydrogen-bond donors (Lipinski definition) is 2. The van der Waals surface area contributed by atoms with E-state index in [9.17, 15) is 9.59 Å². The minimum Gasteiger partial charge on any atom is -0.370 e. The van der Waals surface area contributed by atoms with Crippen molar-refractivity contribution in [2.24, 2.45) is 0 Å². The Bertz CT molecular complexity index is 1100. The Balaban J connectivity index is 0.00000132. The van der Waals surface area contributed by atoms with E-state index in [2.05, 4.69) is 15.3 Å². The van der Waals surface area contributed by atoms with Crippen molar-refractivity contribution in [3.05, 3.63) is 52.8 Å². The molecule has 1 atom stereocenters. The Morgan fingerprint density at radius 2 is 2.03 bits per heavy atom. The van der Waals surface area contributed by atoms with E-state index in [0.29, 0.717) is 29.7 Å². The molecule has 0 aliphatic carbocycles. The Morgan fingerprint density at radius 1 is 1.26 bits per heavy atom. The maximum atomic E-state index is 12.7. The topological polar surface area (TPSA) is 87.3 Å². The van der Waals surface area contributed by atoms with E-state index in [1.807, 2.05) is 39.0 Å². The molecule has 8 heteroatoms. The summed E-state index contributed by atoms with van der Waals surface area (Å²) in [7, 11) is 0. The number of aromatic nitrogens is 2. The van der Waals surface area contributed by atoms with E-state index in [1.54, 1.807) is 30.0 Å². The fraction of sp³-hybridized carbons (Fsp3) is 0.348. The van der Waals surface area contributed by atoms with E-state index < -0.39 is 5.92 Å². The van der Waals surface area contributed by atoms with Crippen molar-refractivity contribution in [1.82, 2.24) is 9.97 Å². The number of nitrogens with zero attached hydrogens (tertiary/aromatic N) is 2. The van der Waals surface area contributed by atoms with Gasteiger partial charge in [0.05, 0.1) is 23.6 Å². The van der Waals surface area contributed by atoms with Gasteiger partial charge in [-0.1, -0.05) is 25.4 Å². The number of halogens is 1. The molecular formula is C23H27ClN4O3. The van der Waals surface area contributed by atoms with Crippen LogP contribution in [0.1, 0.15) is 38.1 Å². The summed E-state index contributed by atoms with van der Waals surface area (Å²) in [5, 5.41) is 3.54. The van der Waals surface area contributed by atoms with Crippen LogP contribution in [0, 0.1) is 6.92 Å². The van der Waals surface area contributed by atoms with Crippen LogP contribution in [-0.2, 0) is 14.3 Å². The van der Waals surface area contributed by atoms with Crippen molar-refractivity contribution in [3.8, 4) is 0 Å². The highest BCUT2D eigenvalue weighted by Crippen LogP contribution is 2.26. The van der Waals surface area contributed by atoms with E-state index in [1.165, 1.54) is 0 Å². The summed E-state index contributed by atoms with van der Waals surface area (Å²) < 4.78 is 5.18. The van der Waals surface area contributed by atoms with Crippen LogP contribution in [0.3, 0.4) is 0 Å². The van der Waals surface area contributed by atoms with Gasteiger partial charge in [-0.15, -0.1) is 0 Å². The number of amides is 2. The Kier molecular flexibility index (Phi) is 7.30. The number of aryl methyl sites for hydroxylation is 1. The molecule has 164 valence electrons. The molecule has 1 fully saturated rings. The number of morpholine rings is 1. The number of rotatable bonds is 4. The predicted octanol–water partition coefficient (Wildman–Crippen LogP) is 4.66. The first-order valence-electron chi connectivity index (χ1n) is 10.4. The van der Waals surface area contributed by atoms with Gasteiger partial charge in [-0.2, -0.15) is 0 Å². The first-order valence-corrected chi connectivity index (χ1v) is 10.7. The summed E-state index contributed by atoms with van der Waals surface area (Å²) in [6.07, 6.45) is 0. The average molecular weight is 443 g/mol. The average Bonchev–Trinajstić information content (AvgIpc) is 3.18. The van der Waals surface area contributed by atoms with Gasteiger partial charge in [-0.05, 0) is 55.8 Å². The SMILES string of the molecule is CC.Cc1cc(NC(=O)C(C)c2nc3ccc(Cl)cc3[nH]2)ccc1N1CCOCC1=O. The van der Waals surface area contributed by atoms with E-state index in [4.69, 9.17) is 16.3 Å². The van der Waals surface area contributed by atoms with Gasteiger partial charge in [-0.3, -0.25) is 9.59 Å². The highest BCUT2D eigenvalue weighted by Gasteiger charge is 2.23. The minimum absolute atomic E-state index is 0.0604. The zero-order valence-corrected chi connectivity index (χ0v) is 18.9. The molecule has 3 aromatic rings. The first kappa shape index (κ1) is 22.8. The second-order valence-electron chi connectivity index (χ2n) is 7.09. The van der Waals surface area contributed by atoms with Crippen molar-refractivity contribution < 1.29 is 14.3 Å². The van der Waals surface area contributed by atoms with Crippen molar-refractivity contribution in [3.63, 3.8) is 0 Å². The maximum Gasteiger partial charge on any atom is 0.253 e. The molecule has 0 saturated carbocycles. The summed E-state index contributed by atoms with van der Waals surface area (Å²) in [4.78, 5) is 34.2. The largest absolute Gasteiger partial charge is 0.370 e. The van der Waals surface area contributed by atoms with Gasteiger partial charge in [-0.25, -0.2) is 4.98 Å². The molecule has 2 aromatic carbocycles. The third-order valence-corrected chi connectivity index (χ3v) is 5.24. The highest BCUT2D eigenvalue weighted by atomic mass is 35.5. The smallest absolute Gasteiger partial charge is 0.253 e. The quantitative estimate of drug-likeness (QED) is 0.615. The summed E-state index contributed by atoms with van der Waals surface area (Å²) in [6, 6.07) is 10.9. The number of carbonyl (C=O) groups excluding carboxylic acids is 2. The van der Waals surface area contributed by atoms with Crippen LogP contribution in [0.4, 0.5) is 11.4 Å². The van der Waals surface area contributed by atoms with Crippen molar-refractivity contribution >= 4 is 45.8 Å². The number of H-pyrrole nitrogens is 1. The molecule has 7 nitrogen and oxygen atoms in total. The second-order valence-corrected chi connectivity index (χ2v) is 7.53. The molecule has 31 heavy (non-hydrogen) atoms. The van der Waals surface area contributed by atoms with Crippen LogP contribution in [-0.4, -0.2) is 41.5 Å². The third-order valence-electron chi connectivity index (χ3n) is 5.01. The van der Waals surface area contributed by atoms with Gasteiger partial charge < -0.3 is 19.9 Å². The number of hydrogen-bond acceptors (Lipinski definition) is 4. The van der Waals surface area contributed by atoms with Gasteiger partial charge in [0.25, 0.3) is 5.91 Å². The molecule has 2 amide bonds. The number of imidazole rings is 1. The second kappa shape index (κ2) is 9.94. The predicted molar refractivity (Wildman–Crippen MR) is 124 cm³/mol. The molecule has 4 rings (SSSR count). The number of ether oxygens (including phenoxy) is 1. The normalized spacial score (nSPS) is 14.7. The van der Waals surface area contributed by atoms with Crippen LogP contribution >= 0.6 is 11.6 Å². The van der Waals surface area contributed by atoms with Crippen molar-refractivity contribution in [2.45, 2.75) is 33.6 Å². The van der Waals surface area contributed by atoms with Crippen LogP contribution in [0.2, 0.25) is 5.02 Å². The molecule has 1 aromatic heterocycles. The molecule has 1 saturated heterocycles. The molecule has 1 unspecified atom stereocenters. The Labute approximate surface area is 186 Å². The summed E-state index contributed by atoms with van der Waals surface area (Å²) in [5.41, 5.74) is 3.97. The molecule has 0 radical (unpaired) electrons. The Hall–Kier alpha value is -2.90. The number of nitrogens with one attached hydrogen (secondary N) is 2. The number of fused-ring (bicyclic) bond motifs is 1. The lowest BCUT2D eigenvalue weighted by Crippen LogP contribution is -2.42. The van der Waals surface area contributed by atoms with Crippen LogP contribution < -0.4 is 10.2 Å². The van der Waals surface area contributed by atoms with Crippen molar-refractivity contribution in [2.75, 3.05) is 30.0 Å². The monoisotopic (exact) mass is 442 g/mol. The van der Waals surface area contributed by atoms with Gasteiger partial charge in [0.2, 0.25) is 5.91 Å². The van der Waals surface area contributed by atoms with Crippen molar-refractivity contribution in [1.29, 1.82) is 0 Å². The number of benzene rings is 2.